The first-order chi connectivity index (χ1) is 13.3. The maximum absolute atomic E-state index is 11.7. The van der Waals surface area contributed by atoms with Crippen molar-refractivity contribution in [1.29, 1.82) is 0 Å². The number of carbonyl (C=O) groups excluding carboxylic acids is 1. The Morgan fingerprint density at radius 3 is 1.93 bits per heavy atom. The summed E-state index contributed by atoms with van der Waals surface area (Å²) in [4.78, 5) is 15.7. The fraction of sp³-hybridized carbons (Fsp3) is 0.500. The zero-order valence-corrected chi connectivity index (χ0v) is 21.0. The van der Waals surface area contributed by atoms with Gasteiger partial charge in [0.05, 0.1) is 0 Å². The highest BCUT2D eigenvalue weighted by molar-refractivity contribution is 8.23. The lowest BCUT2D eigenvalue weighted by atomic mass is 10.2. The van der Waals surface area contributed by atoms with E-state index in [0.717, 1.165) is 41.1 Å². The molecule has 0 unspecified atom stereocenters. The molecule has 0 atom stereocenters. The standard InChI is InChI=1S/C12H16ClNOS.C8H14ClNS2/c1-3-14(4-2)12(15)16-9-10-5-7-11(13)8-6-10;1-4-10(5-2)8(11)12-6-7(3)9/h5-8H,3-4,9H2,1-2H3;3-6H2,1-2H3. The van der Waals surface area contributed by atoms with Crippen LogP contribution in [0.4, 0.5) is 4.79 Å². The first-order valence-electron chi connectivity index (χ1n) is 9.19. The van der Waals surface area contributed by atoms with Crippen LogP contribution in [0.3, 0.4) is 0 Å². The number of hydrogen-bond acceptors (Lipinski definition) is 4. The summed E-state index contributed by atoms with van der Waals surface area (Å²) < 4.78 is 0.904. The molecule has 8 heteroatoms. The quantitative estimate of drug-likeness (QED) is 0.368. The van der Waals surface area contributed by atoms with Gasteiger partial charge in [0.15, 0.2) is 0 Å². The van der Waals surface area contributed by atoms with Gasteiger partial charge in [0.2, 0.25) is 0 Å². The van der Waals surface area contributed by atoms with Crippen molar-refractivity contribution in [3.63, 3.8) is 0 Å². The van der Waals surface area contributed by atoms with Crippen molar-refractivity contribution in [2.75, 3.05) is 31.9 Å². The first-order valence-corrected chi connectivity index (χ1v) is 12.3. The zero-order valence-electron chi connectivity index (χ0n) is 17.0. The van der Waals surface area contributed by atoms with Gasteiger partial charge in [-0.1, -0.05) is 77.7 Å². The van der Waals surface area contributed by atoms with E-state index in [4.69, 9.17) is 35.4 Å². The van der Waals surface area contributed by atoms with E-state index in [1.54, 1.807) is 11.8 Å². The van der Waals surface area contributed by atoms with Crippen LogP contribution in [0.25, 0.3) is 0 Å². The fourth-order valence-corrected chi connectivity index (χ4v) is 4.38. The smallest absolute Gasteiger partial charge is 0.281 e. The summed E-state index contributed by atoms with van der Waals surface area (Å²) in [5.41, 5.74) is 1.12. The number of hydrogen-bond donors (Lipinski definition) is 0. The number of nitrogens with zero attached hydrogens (tertiary/aromatic N) is 2. The molecule has 3 nitrogen and oxygen atoms in total. The SMILES string of the molecule is C=C(Cl)CSC(=S)N(CC)CC.CCN(CC)C(=O)SCc1ccc(Cl)cc1. The van der Waals surface area contributed by atoms with Gasteiger partial charge in [-0.3, -0.25) is 4.79 Å². The average Bonchev–Trinajstić information content (AvgIpc) is 2.68. The van der Waals surface area contributed by atoms with Crippen molar-refractivity contribution >= 4 is 68.5 Å². The molecule has 0 radical (unpaired) electrons. The third kappa shape index (κ3) is 12.2. The lowest BCUT2D eigenvalue weighted by Gasteiger charge is -2.20. The number of halogens is 2. The molecule has 1 aromatic rings. The molecule has 1 amide bonds. The molecule has 0 heterocycles. The Bertz CT molecular complexity index is 604. The highest BCUT2D eigenvalue weighted by atomic mass is 35.5. The number of amides is 1. The van der Waals surface area contributed by atoms with Gasteiger partial charge in [0.25, 0.3) is 5.24 Å². The molecule has 0 fully saturated rings. The summed E-state index contributed by atoms with van der Waals surface area (Å²) in [6, 6.07) is 7.59. The summed E-state index contributed by atoms with van der Waals surface area (Å²) >= 11 is 19.5. The van der Waals surface area contributed by atoms with Crippen molar-refractivity contribution in [2.24, 2.45) is 0 Å². The van der Waals surface area contributed by atoms with Gasteiger partial charge < -0.3 is 9.80 Å². The van der Waals surface area contributed by atoms with E-state index < -0.39 is 0 Å². The van der Waals surface area contributed by atoms with E-state index in [0.29, 0.717) is 16.5 Å². The predicted octanol–water partition coefficient (Wildman–Crippen LogP) is 7.13. The van der Waals surface area contributed by atoms with Crippen molar-refractivity contribution in [2.45, 2.75) is 33.4 Å². The first kappa shape index (κ1) is 27.6. The average molecular weight is 482 g/mol. The molecule has 158 valence electrons. The van der Waals surface area contributed by atoms with Gasteiger partial charge in [-0.25, -0.2) is 0 Å². The van der Waals surface area contributed by atoms with E-state index in [-0.39, 0.29) is 5.24 Å². The molecule has 0 saturated heterocycles. The zero-order chi connectivity index (χ0) is 21.5. The number of thiocarbonyl (C=S) groups is 1. The number of rotatable bonds is 8. The Morgan fingerprint density at radius 2 is 1.50 bits per heavy atom. The van der Waals surface area contributed by atoms with Crippen molar-refractivity contribution < 1.29 is 4.79 Å². The van der Waals surface area contributed by atoms with Gasteiger partial charge in [-0.2, -0.15) is 0 Å². The topological polar surface area (TPSA) is 23.6 Å². The van der Waals surface area contributed by atoms with Crippen LogP contribution in [-0.4, -0.2) is 51.3 Å². The molecule has 1 aromatic carbocycles. The van der Waals surface area contributed by atoms with Gasteiger partial charge in [-0.05, 0) is 45.4 Å². The third-order valence-corrected chi connectivity index (χ3v) is 6.81. The monoisotopic (exact) mass is 480 g/mol. The van der Waals surface area contributed by atoms with E-state index in [9.17, 15) is 4.79 Å². The minimum Gasteiger partial charge on any atom is -0.358 e. The summed E-state index contributed by atoms with van der Waals surface area (Å²) in [5.74, 6) is 1.41. The van der Waals surface area contributed by atoms with Crippen molar-refractivity contribution in [1.82, 2.24) is 9.80 Å². The molecule has 0 bridgehead atoms. The van der Waals surface area contributed by atoms with Crippen LogP contribution in [0.2, 0.25) is 5.02 Å². The molecule has 0 aliphatic rings. The Labute approximate surface area is 194 Å². The van der Waals surface area contributed by atoms with Crippen LogP contribution in [0.1, 0.15) is 33.3 Å². The molecule has 1 rings (SSSR count). The minimum absolute atomic E-state index is 0.139. The van der Waals surface area contributed by atoms with Crippen molar-refractivity contribution in [3.8, 4) is 0 Å². The molecule has 28 heavy (non-hydrogen) atoms. The molecule has 0 saturated carbocycles. The lowest BCUT2D eigenvalue weighted by molar-refractivity contribution is 0.228. The highest BCUT2D eigenvalue weighted by Gasteiger charge is 2.09. The largest absolute Gasteiger partial charge is 0.358 e. The maximum atomic E-state index is 11.7. The third-order valence-electron chi connectivity index (χ3n) is 3.67. The second-order valence-electron chi connectivity index (χ2n) is 5.60. The van der Waals surface area contributed by atoms with Gasteiger partial charge in [0, 0.05) is 47.7 Å². The molecule has 0 aliphatic heterocycles. The molecule has 0 N–H and O–H groups in total. The lowest BCUT2D eigenvalue weighted by Crippen LogP contribution is -2.26. The molecule has 0 aromatic heterocycles. The number of benzene rings is 1. The van der Waals surface area contributed by atoms with Crippen LogP contribution in [0.5, 0.6) is 0 Å². The van der Waals surface area contributed by atoms with E-state index in [1.165, 1.54) is 11.8 Å². The molecule has 0 spiro atoms. The Morgan fingerprint density at radius 1 is 1.00 bits per heavy atom. The van der Waals surface area contributed by atoms with Gasteiger partial charge in [0.1, 0.15) is 4.32 Å². The highest BCUT2D eigenvalue weighted by Crippen LogP contribution is 2.18. The number of thioether (sulfide) groups is 2. The summed E-state index contributed by atoms with van der Waals surface area (Å²) in [6.07, 6.45) is 0. The Hall–Kier alpha value is -0.400. The van der Waals surface area contributed by atoms with Crippen molar-refractivity contribution in [3.05, 3.63) is 46.5 Å². The van der Waals surface area contributed by atoms with Gasteiger partial charge >= 0.3 is 0 Å². The van der Waals surface area contributed by atoms with Crippen LogP contribution in [-0.2, 0) is 5.75 Å². The number of carbonyl (C=O) groups is 1. The predicted molar refractivity (Wildman–Crippen MR) is 134 cm³/mol. The van der Waals surface area contributed by atoms with Gasteiger partial charge in [-0.15, -0.1) is 0 Å². The van der Waals surface area contributed by atoms with Crippen LogP contribution < -0.4 is 0 Å². The Kier molecular flexibility index (Phi) is 16.2. The maximum Gasteiger partial charge on any atom is 0.281 e. The Balaban J connectivity index is 0.000000546. The molecular weight excluding hydrogens is 451 g/mol. The minimum atomic E-state index is 0.139. The normalized spacial score (nSPS) is 9.93. The molecular formula is C20H30Cl2N2OS3. The van der Waals surface area contributed by atoms with E-state index in [1.807, 2.05) is 43.0 Å². The van der Waals surface area contributed by atoms with E-state index >= 15 is 0 Å². The fourth-order valence-electron chi connectivity index (χ4n) is 2.01. The second kappa shape index (κ2) is 16.4. The summed E-state index contributed by atoms with van der Waals surface area (Å²) in [5, 5.41) is 1.51. The molecule has 0 aliphatic carbocycles. The van der Waals surface area contributed by atoms with E-state index in [2.05, 4.69) is 25.3 Å². The van der Waals surface area contributed by atoms with Crippen LogP contribution >= 0.6 is 58.9 Å². The van der Waals surface area contributed by atoms with Crippen LogP contribution in [0.15, 0.2) is 35.9 Å². The van der Waals surface area contributed by atoms with Crippen LogP contribution in [0, 0.1) is 0 Å². The summed E-state index contributed by atoms with van der Waals surface area (Å²) in [6.45, 7) is 15.2. The second-order valence-corrected chi connectivity index (χ2v) is 9.10. The summed E-state index contributed by atoms with van der Waals surface area (Å²) in [7, 11) is 0.